The number of fused-ring (bicyclic) bond motifs is 2. The number of likely N-dealkylation sites (tertiary alicyclic amines) is 1. The van der Waals surface area contributed by atoms with Gasteiger partial charge in [-0.15, -0.1) is 0 Å². The molecule has 37 heavy (non-hydrogen) atoms. The van der Waals surface area contributed by atoms with Crippen molar-refractivity contribution in [1.29, 1.82) is 0 Å². The highest BCUT2D eigenvalue weighted by Crippen LogP contribution is 2.23. The standard InChI is InChI=1S/C29H33N5O3/c1-30-29(36)25-18-28(35)34(27-17-23(37-2)6-7-24(25)27)15-14-33-12-9-22(10-13-33)32-19-20-5-8-26-21(16-20)4-3-11-31-26/h3-8,11,16-18,22,32H,9-10,12-15,19H2,1-2H3,(H,30,36). The van der Waals surface area contributed by atoms with Crippen LogP contribution in [0.2, 0.25) is 0 Å². The first-order chi connectivity index (χ1) is 18.1. The zero-order valence-corrected chi connectivity index (χ0v) is 21.4. The maximum Gasteiger partial charge on any atom is 0.251 e. The number of aromatic nitrogens is 2. The lowest BCUT2D eigenvalue weighted by Gasteiger charge is -2.32. The molecule has 5 rings (SSSR count). The van der Waals surface area contributed by atoms with E-state index in [1.54, 1.807) is 18.7 Å². The molecule has 8 heteroatoms. The summed E-state index contributed by atoms with van der Waals surface area (Å²) in [6.45, 7) is 4.13. The quantitative estimate of drug-likeness (QED) is 0.387. The molecule has 4 aromatic rings. The van der Waals surface area contributed by atoms with Gasteiger partial charge in [0, 0.05) is 61.8 Å². The van der Waals surface area contributed by atoms with Crippen LogP contribution in [0.1, 0.15) is 28.8 Å². The van der Waals surface area contributed by atoms with Crippen LogP contribution in [0.3, 0.4) is 0 Å². The molecule has 1 aliphatic rings. The van der Waals surface area contributed by atoms with Gasteiger partial charge in [0.15, 0.2) is 0 Å². The van der Waals surface area contributed by atoms with Crippen molar-refractivity contribution in [2.24, 2.45) is 0 Å². The Morgan fingerprint density at radius 3 is 2.70 bits per heavy atom. The van der Waals surface area contributed by atoms with E-state index < -0.39 is 0 Å². The van der Waals surface area contributed by atoms with Gasteiger partial charge in [-0.25, -0.2) is 0 Å². The molecule has 0 unspecified atom stereocenters. The van der Waals surface area contributed by atoms with Gasteiger partial charge in [0.05, 0.1) is 23.7 Å². The van der Waals surface area contributed by atoms with Crippen LogP contribution in [0, 0.1) is 0 Å². The maximum atomic E-state index is 13.0. The molecule has 2 aromatic carbocycles. The van der Waals surface area contributed by atoms with E-state index in [-0.39, 0.29) is 11.5 Å². The fourth-order valence-corrected chi connectivity index (χ4v) is 5.14. The van der Waals surface area contributed by atoms with E-state index in [1.807, 2.05) is 30.5 Å². The van der Waals surface area contributed by atoms with Gasteiger partial charge in [-0.05, 0) is 61.8 Å². The molecule has 8 nitrogen and oxygen atoms in total. The third kappa shape index (κ3) is 5.50. The second kappa shape index (κ2) is 11.1. The molecule has 0 bridgehead atoms. The molecular weight excluding hydrogens is 466 g/mol. The summed E-state index contributed by atoms with van der Waals surface area (Å²) in [5.41, 5.74) is 3.21. The van der Waals surface area contributed by atoms with Crippen LogP contribution in [0.25, 0.3) is 21.8 Å². The summed E-state index contributed by atoms with van der Waals surface area (Å²) < 4.78 is 7.14. The van der Waals surface area contributed by atoms with Crippen LogP contribution in [0.4, 0.5) is 0 Å². The number of benzene rings is 2. The minimum atomic E-state index is -0.269. The van der Waals surface area contributed by atoms with Crippen molar-refractivity contribution in [3.63, 3.8) is 0 Å². The van der Waals surface area contributed by atoms with Crippen LogP contribution in [0.5, 0.6) is 5.75 Å². The monoisotopic (exact) mass is 499 g/mol. The van der Waals surface area contributed by atoms with Gasteiger partial charge in [0.1, 0.15) is 5.75 Å². The van der Waals surface area contributed by atoms with Crippen LogP contribution >= 0.6 is 0 Å². The molecule has 0 radical (unpaired) electrons. The van der Waals surface area contributed by atoms with Gasteiger partial charge in [-0.3, -0.25) is 14.6 Å². The van der Waals surface area contributed by atoms with Gasteiger partial charge in [-0.1, -0.05) is 12.1 Å². The number of nitrogens with one attached hydrogen (secondary N) is 2. The Bertz CT molecular complexity index is 1470. The predicted molar refractivity (Wildman–Crippen MR) is 146 cm³/mol. The molecule has 0 atom stereocenters. The lowest BCUT2D eigenvalue weighted by molar-refractivity contribution is 0.0964. The van der Waals surface area contributed by atoms with Crippen molar-refractivity contribution in [2.75, 3.05) is 33.8 Å². The number of amides is 1. The molecule has 0 spiro atoms. The minimum absolute atomic E-state index is 0.179. The van der Waals surface area contributed by atoms with Crippen LogP contribution in [-0.4, -0.2) is 60.2 Å². The Hall–Kier alpha value is -3.75. The van der Waals surface area contributed by atoms with E-state index in [1.165, 1.54) is 17.0 Å². The lowest BCUT2D eigenvalue weighted by atomic mass is 10.0. The number of carbonyl (C=O) groups is 1. The van der Waals surface area contributed by atoms with E-state index in [0.29, 0.717) is 29.4 Å². The number of nitrogens with zero attached hydrogens (tertiary/aromatic N) is 3. The number of carbonyl (C=O) groups excluding carboxylic acids is 1. The second-order valence-corrected chi connectivity index (χ2v) is 9.54. The van der Waals surface area contributed by atoms with Gasteiger partial charge >= 0.3 is 0 Å². The zero-order valence-electron chi connectivity index (χ0n) is 21.4. The highest BCUT2D eigenvalue weighted by molar-refractivity contribution is 6.06. The molecule has 1 amide bonds. The highest BCUT2D eigenvalue weighted by atomic mass is 16.5. The maximum absolute atomic E-state index is 13.0. The normalized spacial score (nSPS) is 14.8. The highest BCUT2D eigenvalue weighted by Gasteiger charge is 2.20. The number of hydrogen-bond donors (Lipinski definition) is 2. The zero-order chi connectivity index (χ0) is 25.8. The van der Waals surface area contributed by atoms with E-state index in [9.17, 15) is 9.59 Å². The van der Waals surface area contributed by atoms with Gasteiger partial charge in [-0.2, -0.15) is 0 Å². The summed E-state index contributed by atoms with van der Waals surface area (Å²) in [5.74, 6) is 0.388. The molecule has 0 aliphatic carbocycles. The molecule has 0 saturated carbocycles. The molecule has 1 aliphatic heterocycles. The predicted octanol–water partition coefficient (Wildman–Crippen LogP) is 3.17. The fourth-order valence-electron chi connectivity index (χ4n) is 5.14. The molecule has 1 fully saturated rings. The second-order valence-electron chi connectivity index (χ2n) is 9.54. The first-order valence-electron chi connectivity index (χ1n) is 12.8. The summed E-state index contributed by atoms with van der Waals surface area (Å²) in [6.07, 6.45) is 3.95. The summed E-state index contributed by atoms with van der Waals surface area (Å²) in [5, 5.41) is 8.25. The molecule has 3 heterocycles. The summed E-state index contributed by atoms with van der Waals surface area (Å²) in [7, 11) is 3.17. The molecule has 2 aromatic heterocycles. The number of pyridine rings is 2. The Balaban J connectivity index is 1.20. The van der Waals surface area contributed by atoms with Crippen LogP contribution in [-0.2, 0) is 13.1 Å². The average molecular weight is 500 g/mol. The first-order valence-corrected chi connectivity index (χ1v) is 12.8. The summed E-state index contributed by atoms with van der Waals surface area (Å²) >= 11 is 0. The average Bonchev–Trinajstić information content (AvgIpc) is 2.95. The SMILES string of the molecule is CNC(=O)c1cc(=O)n(CCN2CCC(NCc3ccc4ncccc4c3)CC2)c2cc(OC)ccc12. The number of methoxy groups -OCH3 is 1. The van der Waals surface area contributed by atoms with E-state index in [2.05, 4.69) is 44.8 Å². The third-order valence-electron chi connectivity index (χ3n) is 7.28. The van der Waals surface area contributed by atoms with Crippen molar-refractivity contribution in [2.45, 2.75) is 32.0 Å². The van der Waals surface area contributed by atoms with Crippen molar-refractivity contribution in [3.05, 3.63) is 82.3 Å². The molecule has 192 valence electrons. The Kier molecular flexibility index (Phi) is 7.48. The largest absolute Gasteiger partial charge is 0.497 e. The number of rotatable bonds is 8. The van der Waals surface area contributed by atoms with E-state index in [0.717, 1.165) is 49.9 Å². The third-order valence-corrected chi connectivity index (χ3v) is 7.28. The van der Waals surface area contributed by atoms with Crippen molar-refractivity contribution in [3.8, 4) is 5.75 Å². The van der Waals surface area contributed by atoms with E-state index >= 15 is 0 Å². The van der Waals surface area contributed by atoms with Gasteiger partial charge in [0.25, 0.3) is 11.5 Å². The van der Waals surface area contributed by atoms with Crippen LogP contribution < -0.4 is 20.9 Å². The first kappa shape index (κ1) is 24.9. The van der Waals surface area contributed by atoms with Crippen LogP contribution in [0.15, 0.2) is 65.6 Å². The van der Waals surface area contributed by atoms with Crippen molar-refractivity contribution >= 4 is 27.7 Å². The summed E-state index contributed by atoms with van der Waals surface area (Å²) in [4.78, 5) is 32.2. The Morgan fingerprint density at radius 1 is 1.08 bits per heavy atom. The fraction of sp³-hybridized carbons (Fsp3) is 0.345. The number of hydrogen-bond acceptors (Lipinski definition) is 6. The molecule has 2 N–H and O–H groups in total. The Labute approximate surface area is 216 Å². The summed E-state index contributed by atoms with van der Waals surface area (Å²) in [6, 6.07) is 17.9. The van der Waals surface area contributed by atoms with Crippen molar-refractivity contribution in [1.82, 2.24) is 25.1 Å². The molecule has 1 saturated heterocycles. The topological polar surface area (TPSA) is 88.5 Å². The van der Waals surface area contributed by atoms with Crippen molar-refractivity contribution < 1.29 is 9.53 Å². The van der Waals surface area contributed by atoms with E-state index in [4.69, 9.17) is 4.74 Å². The van der Waals surface area contributed by atoms with Gasteiger partial charge < -0.3 is 24.8 Å². The lowest BCUT2D eigenvalue weighted by Crippen LogP contribution is -2.43. The number of ether oxygens (including phenoxy) is 1. The minimum Gasteiger partial charge on any atom is -0.497 e. The smallest absolute Gasteiger partial charge is 0.251 e. The van der Waals surface area contributed by atoms with Gasteiger partial charge in [0.2, 0.25) is 0 Å². The molecular formula is C29H33N5O3. The Morgan fingerprint density at radius 2 is 1.92 bits per heavy atom. The number of piperidine rings is 1.